The van der Waals surface area contributed by atoms with Gasteiger partial charge in [0, 0.05) is 12.0 Å². The molecule has 0 aromatic carbocycles. The first-order valence-corrected chi connectivity index (χ1v) is 4.56. The molecule has 70 valence electrons. The number of nitrogens with one attached hydrogen (secondary N) is 1. The summed E-state index contributed by atoms with van der Waals surface area (Å²) in [6.07, 6.45) is 2.78. The van der Waals surface area contributed by atoms with Crippen molar-refractivity contribution in [3.8, 4) is 0 Å². The standard InChI is InChI=1S/C9H18N2O/c1-9(2)7(6-8(10)12)4-3-5-11-9/h7,11H,3-6H2,1-2H3,(H2,10,12). The summed E-state index contributed by atoms with van der Waals surface area (Å²) in [5, 5.41) is 3.41. The molecule has 1 unspecified atom stereocenters. The van der Waals surface area contributed by atoms with Gasteiger partial charge < -0.3 is 11.1 Å². The summed E-state index contributed by atoms with van der Waals surface area (Å²) in [6, 6.07) is 0. The summed E-state index contributed by atoms with van der Waals surface area (Å²) in [7, 11) is 0. The van der Waals surface area contributed by atoms with Crippen LogP contribution in [0.25, 0.3) is 0 Å². The molecule has 12 heavy (non-hydrogen) atoms. The van der Waals surface area contributed by atoms with E-state index in [9.17, 15) is 4.79 Å². The van der Waals surface area contributed by atoms with Crippen molar-refractivity contribution in [1.29, 1.82) is 0 Å². The Hall–Kier alpha value is -0.570. The molecule has 1 heterocycles. The van der Waals surface area contributed by atoms with Crippen LogP contribution in [-0.4, -0.2) is 18.0 Å². The average molecular weight is 170 g/mol. The number of hydrogen-bond donors (Lipinski definition) is 2. The van der Waals surface area contributed by atoms with E-state index in [0.717, 1.165) is 19.4 Å². The molecule has 1 aliphatic heterocycles. The van der Waals surface area contributed by atoms with Crippen LogP contribution in [-0.2, 0) is 4.79 Å². The first-order chi connectivity index (χ1) is 5.52. The molecule has 1 saturated heterocycles. The first-order valence-electron chi connectivity index (χ1n) is 4.56. The van der Waals surface area contributed by atoms with Crippen molar-refractivity contribution in [3.05, 3.63) is 0 Å². The Morgan fingerprint density at radius 3 is 2.83 bits per heavy atom. The summed E-state index contributed by atoms with van der Waals surface area (Å²) in [5.74, 6) is 0.223. The number of carbonyl (C=O) groups is 1. The molecule has 1 rings (SSSR count). The van der Waals surface area contributed by atoms with Gasteiger partial charge in [-0.1, -0.05) is 0 Å². The highest BCUT2D eigenvalue weighted by Crippen LogP contribution is 2.28. The Balaban J connectivity index is 2.54. The monoisotopic (exact) mass is 170 g/mol. The van der Waals surface area contributed by atoms with Crippen LogP contribution in [0.1, 0.15) is 33.1 Å². The lowest BCUT2D eigenvalue weighted by Crippen LogP contribution is -2.51. The zero-order chi connectivity index (χ0) is 9.19. The molecular formula is C9H18N2O. The number of primary amides is 1. The maximum Gasteiger partial charge on any atom is 0.217 e. The maximum atomic E-state index is 10.7. The van der Waals surface area contributed by atoms with Gasteiger partial charge in [0.2, 0.25) is 5.91 Å². The van der Waals surface area contributed by atoms with Crippen LogP contribution in [0.2, 0.25) is 0 Å². The molecule has 0 aliphatic carbocycles. The second-order valence-corrected chi connectivity index (χ2v) is 4.16. The Morgan fingerprint density at radius 2 is 2.33 bits per heavy atom. The van der Waals surface area contributed by atoms with E-state index in [4.69, 9.17) is 5.73 Å². The van der Waals surface area contributed by atoms with Crippen molar-refractivity contribution in [3.63, 3.8) is 0 Å². The van der Waals surface area contributed by atoms with Gasteiger partial charge in [-0.3, -0.25) is 4.79 Å². The van der Waals surface area contributed by atoms with Gasteiger partial charge in [-0.2, -0.15) is 0 Å². The largest absolute Gasteiger partial charge is 0.370 e. The molecule has 1 amide bonds. The van der Waals surface area contributed by atoms with Crippen LogP contribution in [0.5, 0.6) is 0 Å². The number of nitrogens with two attached hydrogens (primary N) is 1. The van der Waals surface area contributed by atoms with Crippen LogP contribution in [0, 0.1) is 5.92 Å². The van der Waals surface area contributed by atoms with E-state index in [0.29, 0.717) is 12.3 Å². The van der Waals surface area contributed by atoms with Gasteiger partial charge in [0.05, 0.1) is 0 Å². The summed E-state index contributed by atoms with van der Waals surface area (Å²) >= 11 is 0. The molecule has 1 aliphatic rings. The van der Waals surface area contributed by atoms with E-state index >= 15 is 0 Å². The molecule has 3 N–H and O–H groups in total. The zero-order valence-corrected chi connectivity index (χ0v) is 7.89. The third kappa shape index (κ3) is 2.21. The number of rotatable bonds is 2. The lowest BCUT2D eigenvalue weighted by Gasteiger charge is -2.39. The topological polar surface area (TPSA) is 55.1 Å². The van der Waals surface area contributed by atoms with Gasteiger partial charge in [-0.15, -0.1) is 0 Å². The Labute approximate surface area is 73.7 Å². The second kappa shape index (κ2) is 3.44. The minimum atomic E-state index is -0.184. The Bertz CT molecular complexity index is 177. The van der Waals surface area contributed by atoms with Gasteiger partial charge in [0.15, 0.2) is 0 Å². The Morgan fingerprint density at radius 1 is 1.67 bits per heavy atom. The second-order valence-electron chi connectivity index (χ2n) is 4.16. The van der Waals surface area contributed by atoms with E-state index < -0.39 is 0 Å². The fraction of sp³-hybridized carbons (Fsp3) is 0.889. The van der Waals surface area contributed by atoms with Crippen LogP contribution in [0.4, 0.5) is 0 Å². The maximum absolute atomic E-state index is 10.7. The van der Waals surface area contributed by atoms with Crippen molar-refractivity contribution < 1.29 is 4.79 Å². The summed E-state index contributed by atoms with van der Waals surface area (Å²) in [5.41, 5.74) is 5.25. The van der Waals surface area contributed by atoms with E-state index in [-0.39, 0.29) is 11.4 Å². The third-order valence-electron chi connectivity index (χ3n) is 2.78. The van der Waals surface area contributed by atoms with Crippen molar-refractivity contribution in [2.24, 2.45) is 11.7 Å². The lowest BCUT2D eigenvalue weighted by molar-refractivity contribution is -0.119. The highest BCUT2D eigenvalue weighted by Gasteiger charge is 2.32. The van der Waals surface area contributed by atoms with Gasteiger partial charge >= 0.3 is 0 Å². The molecule has 0 radical (unpaired) electrons. The van der Waals surface area contributed by atoms with E-state index in [1.807, 2.05) is 0 Å². The van der Waals surface area contributed by atoms with Crippen molar-refractivity contribution in [2.75, 3.05) is 6.54 Å². The molecule has 3 heteroatoms. The van der Waals surface area contributed by atoms with Crippen LogP contribution in [0.15, 0.2) is 0 Å². The molecule has 3 nitrogen and oxygen atoms in total. The smallest absolute Gasteiger partial charge is 0.217 e. The number of hydrogen-bond acceptors (Lipinski definition) is 2. The quantitative estimate of drug-likeness (QED) is 0.639. The highest BCUT2D eigenvalue weighted by atomic mass is 16.1. The van der Waals surface area contributed by atoms with Gasteiger partial charge in [-0.05, 0) is 39.2 Å². The summed E-state index contributed by atoms with van der Waals surface area (Å²) in [4.78, 5) is 10.7. The predicted molar refractivity (Wildman–Crippen MR) is 48.6 cm³/mol. The van der Waals surface area contributed by atoms with E-state index in [1.54, 1.807) is 0 Å². The number of carbonyl (C=O) groups excluding carboxylic acids is 1. The fourth-order valence-electron chi connectivity index (χ4n) is 1.86. The van der Waals surface area contributed by atoms with E-state index in [2.05, 4.69) is 19.2 Å². The minimum absolute atomic E-state index is 0.0767. The number of amides is 1. The number of piperidine rings is 1. The first kappa shape index (κ1) is 9.52. The zero-order valence-electron chi connectivity index (χ0n) is 7.89. The molecule has 1 atom stereocenters. The minimum Gasteiger partial charge on any atom is -0.370 e. The molecular weight excluding hydrogens is 152 g/mol. The Kier molecular flexibility index (Phi) is 2.73. The van der Waals surface area contributed by atoms with Crippen molar-refractivity contribution in [1.82, 2.24) is 5.32 Å². The third-order valence-corrected chi connectivity index (χ3v) is 2.78. The molecule has 0 aromatic heterocycles. The van der Waals surface area contributed by atoms with Crippen LogP contribution < -0.4 is 11.1 Å². The van der Waals surface area contributed by atoms with Crippen molar-refractivity contribution in [2.45, 2.75) is 38.6 Å². The van der Waals surface area contributed by atoms with E-state index in [1.165, 1.54) is 0 Å². The highest BCUT2D eigenvalue weighted by molar-refractivity contribution is 5.74. The summed E-state index contributed by atoms with van der Waals surface area (Å²) in [6.45, 7) is 5.34. The van der Waals surface area contributed by atoms with Gasteiger partial charge in [-0.25, -0.2) is 0 Å². The predicted octanol–water partition coefficient (Wildman–Crippen LogP) is 0.640. The molecule has 0 spiro atoms. The SMILES string of the molecule is CC1(C)NCCCC1CC(N)=O. The fourth-order valence-corrected chi connectivity index (χ4v) is 1.86. The molecule has 1 fully saturated rings. The molecule has 0 bridgehead atoms. The van der Waals surface area contributed by atoms with Crippen LogP contribution in [0.3, 0.4) is 0 Å². The average Bonchev–Trinajstić information content (AvgIpc) is 1.92. The lowest BCUT2D eigenvalue weighted by atomic mass is 9.79. The molecule has 0 saturated carbocycles. The van der Waals surface area contributed by atoms with Gasteiger partial charge in [0.1, 0.15) is 0 Å². The van der Waals surface area contributed by atoms with Crippen LogP contribution >= 0.6 is 0 Å². The van der Waals surface area contributed by atoms with Crippen molar-refractivity contribution >= 4 is 5.91 Å². The van der Waals surface area contributed by atoms with Gasteiger partial charge in [0.25, 0.3) is 0 Å². The summed E-state index contributed by atoms with van der Waals surface area (Å²) < 4.78 is 0. The molecule has 0 aromatic rings. The normalized spacial score (nSPS) is 28.3.